The van der Waals surface area contributed by atoms with E-state index in [9.17, 15) is 15.0 Å². The van der Waals surface area contributed by atoms with Crippen LogP contribution in [0, 0.1) is 11.3 Å². The highest BCUT2D eigenvalue weighted by Gasteiger charge is 2.16. The molecule has 1 rings (SSSR count). The highest BCUT2D eigenvalue weighted by Crippen LogP contribution is 2.26. The van der Waals surface area contributed by atoms with E-state index >= 15 is 0 Å². The van der Waals surface area contributed by atoms with Crippen molar-refractivity contribution in [2.75, 3.05) is 6.61 Å². The third-order valence-corrected chi connectivity index (χ3v) is 1.49. The molecule has 72 valence electrons. The molecule has 0 radical (unpaired) electrons. The van der Waals surface area contributed by atoms with Gasteiger partial charge in [0.25, 0.3) is 0 Å². The number of ether oxygens (including phenoxy) is 1. The molecule has 0 aliphatic heterocycles. The summed E-state index contributed by atoms with van der Waals surface area (Å²) in [5.41, 5.74) is -0.331. The lowest BCUT2D eigenvalue weighted by Gasteiger charge is -2.04. The molecular weight excluding hydrogens is 186 g/mol. The van der Waals surface area contributed by atoms with Crippen LogP contribution in [0.3, 0.4) is 0 Å². The van der Waals surface area contributed by atoms with Gasteiger partial charge >= 0.3 is 5.97 Å². The van der Waals surface area contributed by atoms with E-state index < -0.39 is 12.6 Å². The lowest BCUT2D eigenvalue weighted by Crippen LogP contribution is -2.05. The van der Waals surface area contributed by atoms with Gasteiger partial charge in [-0.2, -0.15) is 5.26 Å². The van der Waals surface area contributed by atoms with Gasteiger partial charge in [-0.25, -0.2) is 4.79 Å². The highest BCUT2D eigenvalue weighted by molar-refractivity contribution is 5.95. The van der Waals surface area contributed by atoms with Crippen molar-refractivity contribution in [3.05, 3.63) is 23.8 Å². The van der Waals surface area contributed by atoms with Gasteiger partial charge in [0.05, 0.1) is 0 Å². The molecule has 14 heavy (non-hydrogen) atoms. The summed E-state index contributed by atoms with van der Waals surface area (Å²) in [6.07, 6.45) is 0. The molecule has 0 aromatic heterocycles. The minimum atomic E-state index is -0.929. The summed E-state index contributed by atoms with van der Waals surface area (Å²) in [5.74, 6) is -1.69. The Labute approximate surface area is 79.8 Å². The molecule has 0 heterocycles. The first-order valence-electron chi connectivity index (χ1n) is 3.72. The number of hydrogen-bond donors (Lipinski definition) is 2. The molecule has 0 aliphatic rings. The molecule has 0 unspecified atom stereocenters. The molecule has 0 saturated heterocycles. The summed E-state index contributed by atoms with van der Waals surface area (Å²) in [6.45, 7) is -0.424. The monoisotopic (exact) mass is 193 g/mol. The zero-order chi connectivity index (χ0) is 10.6. The second-order valence-electron chi connectivity index (χ2n) is 2.41. The minimum Gasteiger partial charge on any atom is -0.507 e. The Hall–Kier alpha value is -2.22. The minimum absolute atomic E-state index is 0.331. The van der Waals surface area contributed by atoms with Crippen LogP contribution in [-0.2, 0) is 4.74 Å². The molecule has 1 aromatic rings. The number of aromatic hydroxyl groups is 2. The van der Waals surface area contributed by atoms with E-state index in [1.807, 2.05) is 0 Å². The van der Waals surface area contributed by atoms with Gasteiger partial charge in [0, 0.05) is 0 Å². The fourth-order valence-electron chi connectivity index (χ4n) is 0.907. The molecule has 0 fully saturated rings. The first kappa shape index (κ1) is 9.86. The van der Waals surface area contributed by atoms with Gasteiger partial charge < -0.3 is 14.9 Å². The quantitative estimate of drug-likeness (QED) is 0.677. The smallest absolute Gasteiger partial charge is 0.346 e. The Morgan fingerprint density at radius 1 is 1.43 bits per heavy atom. The Morgan fingerprint density at radius 3 is 2.50 bits per heavy atom. The zero-order valence-electron chi connectivity index (χ0n) is 7.10. The largest absolute Gasteiger partial charge is 0.507 e. The maximum atomic E-state index is 11.2. The van der Waals surface area contributed by atoms with Gasteiger partial charge in [0.2, 0.25) is 0 Å². The van der Waals surface area contributed by atoms with E-state index in [0.717, 1.165) is 0 Å². The van der Waals surface area contributed by atoms with E-state index in [-0.39, 0.29) is 17.1 Å². The molecule has 0 amide bonds. The number of nitriles is 1. The van der Waals surface area contributed by atoms with Crippen molar-refractivity contribution in [1.29, 1.82) is 5.26 Å². The summed E-state index contributed by atoms with van der Waals surface area (Å²) < 4.78 is 4.42. The molecule has 0 bridgehead atoms. The number of phenolic OH excluding ortho intramolecular Hbond substituents is 2. The molecule has 0 atom stereocenters. The first-order valence-corrected chi connectivity index (χ1v) is 3.72. The van der Waals surface area contributed by atoms with Gasteiger partial charge in [-0.3, -0.25) is 0 Å². The van der Waals surface area contributed by atoms with E-state index in [4.69, 9.17) is 5.26 Å². The predicted octanol–water partition coefficient (Wildman–Crippen LogP) is 0.778. The zero-order valence-corrected chi connectivity index (χ0v) is 7.10. The first-order chi connectivity index (χ1) is 6.66. The number of benzene rings is 1. The lowest BCUT2D eigenvalue weighted by molar-refractivity contribution is 0.0548. The molecule has 5 nitrogen and oxygen atoms in total. The second kappa shape index (κ2) is 4.14. The number of hydrogen-bond acceptors (Lipinski definition) is 5. The lowest BCUT2D eigenvalue weighted by atomic mass is 10.2. The number of carbonyl (C=O) groups is 1. The average Bonchev–Trinajstić information content (AvgIpc) is 2.14. The Morgan fingerprint density at radius 2 is 2.00 bits per heavy atom. The van der Waals surface area contributed by atoms with Crippen LogP contribution >= 0.6 is 0 Å². The van der Waals surface area contributed by atoms with Crippen LogP contribution in [-0.4, -0.2) is 22.8 Å². The third kappa shape index (κ3) is 1.93. The van der Waals surface area contributed by atoms with Crippen LogP contribution in [0.5, 0.6) is 11.5 Å². The topological polar surface area (TPSA) is 90.5 Å². The summed E-state index contributed by atoms with van der Waals surface area (Å²) in [7, 11) is 0. The summed E-state index contributed by atoms with van der Waals surface area (Å²) in [5, 5.41) is 26.6. The van der Waals surface area contributed by atoms with Gasteiger partial charge in [-0.15, -0.1) is 0 Å². The number of phenols is 2. The molecule has 0 spiro atoms. The molecular formula is C9H7NO4. The standard InChI is InChI=1S/C9H7NO4/c10-4-5-14-9(13)8-6(11)2-1-3-7(8)12/h1-3,11-12H,5H2. The van der Waals surface area contributed by atoms with Gasteiger partial charge in [-0.1, -0.05) is 6.07 Å². The van der Waals surface area contributed by atoms with Crippen LogP contribution in [0.4, 0.5) is 0 Å². The number of carbonyl (C=O) groups excluding carboxylic acids is 1. The fourth-order valence-corrected chi connectivity index (χ4v) is 0.907. The number of rotatable bonds is 2. The van der Waals surface area contributed by atoms with Crippen molar-refractivity contribution in [3.63, 3.8) is 0 Å². The van der Waals surface area contributed by atoms with E-state index in [0.29, 0.717) is 0 Å². The van der Waals surface area contributed by atoms with Gasteiger partial charge in [0.1, 0.15) is 23.1 Å². The maximum absolute atomic E-state index is 11.2. The normalized spacial score (nSPS) is 9.07. The third-order valence-electron chi connectivity index (χ3n) is 1.49. The van der Waals surface area contributed by atoms with E-state index in [1.54, 1.807) is 6.07 Å². The van der Waals surface area contributed by atoms with Gasteiger partial charge in [-0.05, 0) is 12.1 Å². The van der Waals surface area contributed by atoms with Crippen molar-refractivity contribution >= 4 is 5.97 Å². The fraction of sp³-hybridized carbons (Fsp3) is 0.111. The maximum Gasteiger partial charge on any atom is 0.346 e. The summed E-state index contributed by atoms with van der Waals surface area (Å²) in [4.78, 5) is 11.2. The highest BCUT2D eigenvalue weighted by atomic mass is 16.5. The molecule has 1 aromatic carbocycles. The van der Waals surface area contributed by atoms with Crippen molar-refractivity contribution in [2.45, 2.75) is 0 Å². The van der Waals surface area contributed by atoms with Crippen molar-refractivity contribution in [2.24, 2.45) is 0 Å². The Balaban J connectivity index is 2.95. The Kier molecular flexibility index (Phi) is 2.92. The van der Waals surface area contributed by atoms with Crippen molar-refractivity contribution < 1.29 is 19.7 Å². The summed E-state index contributed by atoms with van der Waals surface area (Å²) >= 11 is 0. The van der Waals surface area contributed by atoms with Crippen LogP contribution in [0.15, 0.2) is 18.2 Å². The number of nitrogens with zero attached hydrogens (tertiary/aromatic N) is 1. The van der Waals surface area contributed by atoms with E-state index in [2.05, 4.69) is 4.74 Å². The predicted molar refractivity (Wildman–Crippen MR) is 45.7 cm³/mol. The number of esters is 1. The molecule has 2 N–H and O–H groups in total. The van der Waals surface area contributed by atoms with Crippen LogP contribution in [0.25, 0.3) is 0 Å². The van der Waals surface area contributed by atoms with Crippen LogP contribution in [0.1, 0.15) is 10.4 Å². The molecule has 0 saturated carbocycles. The Bertz CT molecular complexity index is 374. The molecule has 0 aliphatic carbocycles. The van der Waals surface area contributed by atoms with Crippen molar-refractivity contribution in [1.82, 2.24) is 0 Å². The van der Waals surface area contributed by atoms with Gasteiger partial charge in [0.15, 0.2) is 6.61 Å². The van der Waals surface area contributed by atoms with E-state index in [1.165, 1.54) is 18.2 Å². The van der Waals surface area contributed by atoms with Crippen molar-refractivity contribution in [3.8, 4) is 17.6 Å². The average molecular weight is 193 g/mol. The second-order valence-corrected chi connectivity index (χ2v) is 2.41. The van der Waals surface area contributed by atoms with Crippen LogP contribution in [0.2, 0.25) is 0 Å². The summed E-state index contributed by atoms with van der Waals surface area (Å²) in [6, 6.07) is 5.46. The van der Waals surface area contributed by atoms with Crippen LogP contribution < -0.4 is 0 Å². The SMILES string of the molecule is N#CCOC(=O)c1c(O)cccc1O. The molecule has 5 heteroatoms.